The molecule has 13 rings (SSSR count). The van der Waals surface area contributed by atoms with Gasteiger partial charge >= 0.3 is 0 Å². The van der Waals surface area contributed by atoms with E-state index in [9.17, 15) is 0 Å². The summed E-state index contributed by atoms with van der Waals surface area (Å²) in [5.41, 5.74) is 14.6. The summed E-state index contributed by atoms with van der Waals surface area (Å²) in [5, 5.41) is 7.41. The molecule has 2 heterocycles. The molecule has 0 aliphatic heterocycles. The van der Waals surface area contributed by atoms with E-state index in [1.165, 1.54) is 69.7 Å². The fraction of sp³-hybridized carbons (Fsp3) is 0.0169. The number of hydrogen-bond donors (Lipinski definition) is 0. The third-order valence-corrected chi connectivity index (χ3v) is 14.3. The summed E-state index contributed by atoms with van der Waals surface area (Å²) in [6.07, 6.45) is 0. The van der Waals surface area contributed by atoms with Crippen molar-refractivity contribution in [1.29, 1.82) is 0 Å². The van der Waals surface area contributed by atoms with Crippen molar-refractivity contribution in [3.8, 4) is 22.3 Å². The SMILES string of the molecule is c1ccc(N(c2ccc(-c3cccc4oc5ccc6ccc7sc8ccccc8c7c6c5c34)cc2)c2ccc3c(c2)C(c2ccccc2)(c2ccccc2)c2ccccc2-3)cc1. The highest BCUT2D eigenvalue weighted by Crippen LogP contribution is 2.57. The molecule has 1 aliphatic rings. The van der Waals surface area contributed by atoms with Gasteiger partial charge in [0, 0.05) is 53.4 Å². The number of para-hydroxylation sites is 1. The lowest BCUT2D eigenvalue weighted by atomic mass is 9.67. The van der Waals surface area contributed by atoms with Crippen LogP contribution in [0, 0.1) is 0 Å². The number of benzene rings is 10. The Bertz CT molecular complexity index is 3630. The van der Waals surface area contributed by atoms with Crippen molar-refractivity contribution in [2.75, 3.05) is 4.90 Å². The lowest BCUT2D eigenvalue weighted by Gasteiger charge is -2.35. The highest BCUT2D eigenvalue weighted by atomic mass is 32.1. The Hall–Kier alpha value is -7.72. The van der Waals surface area contributed by atoms with Crippen LogP contribution in [-0.2, 0) is 5.41 Å². The van der Waals surface area contributed by atoms with Gasteiger partial charge in [0.05, 0.1) is 5.41 Å². The van der Waals surface area contributed by atoms with E-state index < -0.39 is 5.41 Å². The van der Waals surface area contributed by atoms with Crippen LogP contribution in [0.4, 0.5) is 17.1 Å². The number of nitrogens with zero attached hydrogens (tertiary/aromatic N) is 1. The summed E-state index contributed by atoms with van der Waals surface area (Å²) in [6.45, 7) is 0. The third-order valence-electron chi connectivity index (χ3n) is 13.1. The average Bonchev–Trinajstić information content (AvgIpc) is 4.01. The number of thiophene rings is 1. The molecule has 0 N–H and O–H groups in total. The maximum Gasteiger partial charge on any atom is 0.136 e. The van der Waals surface area contributed by atoms with Crippen molar-refractivity contribution in [2.45, 2.75) is 5.41 Å². The molecule has 10 aromatic carbocycles. The van der Waals surface area contributed by atoms with Gasteiger partial charge in [-0.15, -0.1) is 11.3 Å². The van der Waals surface area contributed by atoms with Gasteiger partial charge < -0.3 is 9.32 Å². The quantitative estimate of drug-likeness (QED) is 0.166. The van der Waals surface area contributed by atoms with E-state index >= 15 is 0 Å². The zero-order chi connectivity index (χ0) is 40.8. The van der Waals surface area contributed by atoms with Crippen molar-refractivity contribution < 1.29 is 4.42 Å². The first kappa shape index (κ1) is 35.1. The molecule has 12 aromatic rings. The lowest BCUT2D eigenvalue weighted by molar-refractivity contribution is 0.669. The fourth-order valence-electron chi connectivity index (χ4n) is 10.6. The second-order valence-electron chi connectivity index (χ2n) is 16.3. The van der Waals surface area contributed by atoms with Crippen LogP contribution in [0.5, 0.6) is 0 Å². The summed E-state index contributed by atoms with van der Waals surface area (Å²) in [4.78, 5) is 2.40. The summed E-state index contributed by atoms with van der Waals surface area (Å²) in [7, 11) is 0. The normalized spacial score (nSPS) is 13.0. The summed E-state index contributed by atoms with van der Waals surface area (Å²) in [6, 6.07) is 82.1. The van der Waals surface area contributed by atoms with E-state index in [2.05, 4.69) is 229 Å². The van der Waals surface area contributed by atoms with Crippen LogP contribution >= 0.6 is 11.3 Å². The molecule has 0 fully saturated rings. The molecule has 62 heavy (non-hydrogen) atoms. The van der Waals surface area contributed by atoms with Crippen LogP contribution in [0.25, 0.3) is 75.1 Å². The van der Waals surface area contributed by atoms with E-state index in [0.717, 1.165) is 44.7 Å². The Labute approximate surface area is 363 Å². The van der Waals surface area contributed by atoms with Gasteiger partial charge in [0.25, 0.3) is 0 Å². The Morgan fingerprint density at radius 3 is 1.77 bits per heavy atom. The molecule has 3 heteroatoms. The second-order valence-corrected chi connectivity index (χ2v) is 17.4. The molecule has 1 aliphatic carbocycles. The summed E-state index contributed by atoms with van der Waals surface area (Å²) < 4.78 is 9.27. The van der Waals surface area contributed by atoms with Gasteiger partial charge in [-0.3, -0.25) is 0 Å². The monoisotopic (exact) mass is 807 g/mol. The highest BCUT2D eigenvalue weighted by molar-refractivity contribution is 7.26. The smallest absolute Gasteiger partial charge is 0.136 e. The molecule has 0 unspecified atom stereocenters. The number of rotatable bonds is 6. The zero-order valence-electron chi connectivity index (χ0n) is 33.6. The maximum atomic E-state index is 6.67. The zero-order valence-corrected chi connectivity index (χ0v) is 34.4. The third kappa shape index (κ3) is 5.03. The molecule has 0 saturated carbocycles. The van der Waals surface area contributed by atoms with Crippen LogP contribution in [-0.4, -0.2) is 0 Å². The molecule has 0 spiro atoms. The molecule has 0 atom stereocenters. The molecule has 2 aromatic heterocycles. The van der Waals surface area contributed by atoms with Gasteiger partial charge in [-0.1, -0.05) is 164 Å². The number of anilines is 3. The largest absolute Gasteiger partial charge is 0.456 e. The first-order chi connectivity index (χ1) is 30.8. The van der Waals surface area contributed by atoms with Crippen molar-refractivity contribution in [2.24, 2.45) is 0 Å². The van der Waals surface area contributed by atoms with Gasteiger partial charge in [0.15, 0.2) is 0 Å². The minimum Gasteiger partial charge on any atom is -0.456 e. The van der Waals surface area contributed by atoms with E-state index in [1.807, 2.05) is 11.3 Å². The van der Waals surface area contributed by atoms with E-state index in [1.54, 1.807) is 0 Å². The van der Waals surface area contributed by atoms with Crippen molar-refractivity contribution in [3.63, 3.8) is 0 Å². The van der Waals surface area contributed by atoms with Gasteiger partial charge in [0.2, 0.25) is 0 Å². The van der Waals surface area contributed by atoms with Gasteiger partial charge in [-0.25, -0.2) is 0 Å². The molecule has 0 radical (unpaired) electrons. The number of furan rings is 1. The molecule has 0 saturated heterocycles. The summed E-state index contributed by atoms with van der Waals surface area (Å²) in [5.74, 6) is 0. The van der Waals surface area contributed by atoms with Crippen LogP contribution in [0.2, 0.25) is 0 Å². The van der Waals surface area contributed by atoms with Crippen molar-refractivity contribution >= 4 is 81.3 Å². The Balaban J connectivity index is 0.999. The maximum absolute atomic E-state index is 6.67. The first-order valence-electron chi connectivity index (χ1n) is 21.2. The number of hydrogen-bond acceptors (Lipinski definition) is 3. The topological polar surface area (TPSA) is 16.4 Å². The fourth-order valence-corrected chi connectivity index (χ4v) is 11.7. The van der Waals surface area contributed by atoms with Crippen LogP contribution in [0.15, 0.2) is 229 Å². The van der Waals surface area contributed by atoms with Crippen LogP contribution < -0.4 is 4.90 Å². The second kappa shape index (κ2) is 13.7. The Morgan fingerprint density at radius 1 is 0.371 bits per heavy atom. The molecule has 0 amide bonds. The molecule has 0 bridgehead atoms. The minimum atomic E-state index is -0.492. The Morgan fingerprint density at radius 2 is 0.984 bits per heavy atom. The van der Waals surface area contributed by atoms with Crippen molar-refractivity contribution in [1.82, 2.24) is 0 Å². The predicted octanol–water partition coefficient (Wildman–Crippen LogP) is 16.6. The van der Waals surface area contributed by atoms with Crippen molar-refractivity contribution in [3.05, 3.63) is 247 Å². The first-order valence-corrected chi connectivity index (χ1v) is 22.1. The number of fused-ring (bicyclic) bond motifs is 12. The van der Waals surface area contributed by atoms with E-state index in [0.29, 0.717) is 0 Å². The molecule has 2 nitrogen and oxygen atoms in total. The van der Waals surface area contributed by atoms with E-state index in [4.69, 9.17) is 4.42 Å². The minimum absolute atomic E-state index is 0.492. The lowest BCUT2D eigenvalue weighted by Crippen LogP contribution is -2.28. The van der Waals surface area contributed by atoms with Gasteiger partial charge in [0.1, 0.15) is 11.2 Å². The Kier molecular flexibility index (Phi) is 7.72. The summed E-state index contributed by atoms with van der Waals surface area (Å²) >= 11 is 1.86. The molecule has 290 valence electrons. The van der Waals surface area contributed by atoms with Crippen LogP contribution in [0.3, 0.4) is 0 Å². The standard InChI is InChI=1S/C59H37NOS/c1-4-15-40(16-5-1)59(41-17-6-2-7-18-41)49-24-12-10-21-46(49)47-34-33-44(37-50(47)59)60(42-19-8-3-9-20-42)43-31-27-38(28-32-43)45-23-14-25-51-56(45)58-52(61-51)35-29-39-30-36-54-57(55(39)58)48-22-11-13-26-53(48)62-54/h1-37H. The molecular weight excluding hydrogens is 771 g/mol. The van der Waals surface area contributed by atoms with Crippen LogP contribution in [0.1, 0.15) is 22.3 Å². The molecular formula is C59H37NOS. The van der Waals surface area contributed by atoms with E-state index in [-0.39, 0.29) is 0 Å². The predicted molar refractivity (Wildman–Crippen MR) is 262 cm³/mol. The van der Waals surface area contributed by atoms with Gasteiger partial charge in [-0.05, 0) is 111 Å². The highest BCUT2D eigenvalue weighted by Gasteiger charge is 2.46. The average molecular weight is 808 g/mol. The van der Waals surface area contributed by atoms with Gasteiger partial charge in [-0.2, -0.15) is 0 Å².